The number of hydrogen-bond donors (Lipinski definition) is 3. The normalized spacial score (nSPS) is 11.5. The van der Waals surface area contributed by atoms with Gasteiger partial charge in [-0.25, -0.2) is 14.0 Å². The molecule has 12 heteroatoms. The van der Waals surface area contributed by atoms with Crippen molar-refractivity contribution < 1.29 is 0 Å². The zero-order valence-corrected chi connectivity index (χ0v) is 19.2. The molecule has 0 bridgehead atoms. The molecule has 4 aromatic rings. The summed E-state index contributed by atoms with van der Waals surface area (Å²) < 4.78 is 5.47. The van der Waals surface area contributed by atoms with Crippen LogP contribution in [0.1, 0.15) is 50.5 Å². The van der Waals surface area contributed by atoms with Crippen LogP contribution in [0.25, 0.3) is 0 Å². The van der Waals surface area contributed by atoms with Crippen molar-refractivity contribution in [3.05, 3.63) is 69.1 Å². The Morgan fingerprint density at radius 2 is 0.818 bits per heavy atom. The van der Waals surface area contributed by atoms with E-state index < -0.39 is 0 Å². The predicted octanol–water partition coefficient (Wildman–Crippen LogP) is -0.0926. The maximum absolute atomic E-state index is 5.72. The van der Waals surface area contributed by atoms with Crippen LogP contribution in [0.5, 0.6) is 0 Å². The van der Waals surface area contributed by atoms with Crippen molar-refractivity contribution in [3.8, 4) is 0 Å². The van der Waals surface area contributed by atoms with Crippen LogP contribution >= 0.6 is 0 Å². The Hall–Kier alpha value is -3.48. The van der Waals surface area contributed by atoms with Gasteiger partial charge in [0.1, 0.15) is 0 Å². The SMILES string of the molecule is Cc1c(Cn2cc(CN)nn2)c(C)c(Cn2cc(CN)nn2)c(C)c1Cn1cc(CN)nn1. The quantitative estimate of drug-likeness (QED) is 0.315. The molecule has 174 valence electrons. The molecule has 0 radical (unpaired) electrons. The summed E-state index contributed by atoms with van der Waals surface area (Å²) in [6.45, 7) is 9.23. The van der Waals surface area contributed by atoms with Crippen molar-refractivity contribution in [3.63, 3.8) is 0 Å². The third kappa shape index (κ3) is 4.67. The molecule has 33 heavy (non-hydrogen) atoms. The highest BCUT2D eigenvalue weighted by Crippen LogP contribution is 2.29. The van der Waals surface area contributed by atoms with Gasteiger partial charge in [0.2, 0.25) is 0 Å². The fourth-order valence-corrected chi connectivity index (χ4v) is 4.12. The Labute approximate surface area is 191 Å². The van der Waals surface area contributed by atoms with E-state index in [2.05, 4.69) is 51.7 Å². The summed E-state index contributed by atoms with van der Waals surface area (Å²) in [5.74, 6) is 0. The Morgan fingerprint density at radius 1 is 0.545 bits per heavy atom. The summed E-state index contributed by atoms with van der Waals surface area (Å²) >= 11 is 0. The van der Waals surface area contributed by atoms with E-state index in [0.29, 0.717) is 39.3 Å². The van der Waals surface area contributed by atoms with Gasteiger partial charge in [0.25, 0.3) is 0 Å². The van der Waals surface area contributed by atoms with Crippen molar-refractivity contribution in [2.45, 2.75) is 60.0 Å². The topological polar surface area (TPSA) is 170 Å². The van der Waals surface area contributed by atoms with Crippen molar-refractivity contribution in [1.82, 2.24) is 45.0 Å². The maximum Gasteiger partial charge on any atom is 0.0962 e. The van der Waals surface area contributed by atoms with Crippen LogP contribution in [0.4, 0.5) is 0 Å². The molecule has 0 atom stereocenters. The van der Waals surface area contributed by atoms with Gasteiger partial charge in [0.05, 0.1) is 55.3 Å². The lowest BCUT2D eigenvalue weighted by Gasteiger charge is -2.22. The van der Waals surface area contributed by atoms with Gasteiger partial charge in [-0.3, -0.25) is 0 Å². The first-order valence-corrected chi connectivity index (χ1v) is 10.8. The van der Waals surface area contributed by atoms with Gasteiger partial charge >= 0.3 is 0 Å². The molecular formula is C21H30N12. The summed E-state index contributed by atoms with van der Waals surface area (Å²) in [6, 6.07) is 0. The molecule has 0 saturated heterocycles. The van der Waals surface area contributed by atoms with Gasteiger partial charge in [0.15, 0.2) is 0 Å². The van der Waals surface area contributed by atoms with Gasteiger partial charge in [-0.15, -0.1) is 15.3 Å². The summed E-state index contributed by atoms with van der Waals surface area (Å²) in [5, 5.41) is 25.1. The summed E-state index contributed by atoms with van der Waals surface area (Å²) in [5.41, 5.74) is 26.5. The molecule has 0 unspecified atom stereocenters. The summed E-state index contributed by atoms with van der Waals surface area (Å²) in [6.07, 6.45) is 5.65. The molecule has 4 rings (SSSR count). The summed E-state index contributed by atoms with van der Waals surface area (Å²) in [7, 11) is 0. The fourth-order valence-electron chi connectivity index (χ4n) is 4.12. The zero-order chi connectivity index (χ0) is 23.5. The average molecular weight is 451 g/mol. The van der Waals surface area contributed by atoms with Crippen molar-refractivity contribution in [1.29, 1.82) is 0 Å². The second-order valence-corrected chi connectivity index (χ2v) is 8.15. The maximum atomic E-state index is 5.72. The molecule has 0 amide bonds. The van der Waals surface area contributed by atoms with E-state index in [1.807, 2.05) is 32.6 Å². The molecule has 12 nitrogen and oxygen atoms in total. The first-order chi connectivity index (χ1) is 15.9. The second kappa shape index (κ2) is 9.57. The van der Waals surface area contributed by atoms with Crippen LogP contribution in [0.2, 0.25) is 0 Å². The van der Waals surface area contributed by atoms with E-state index in [4.69, 9.17) is 17.2 Å². The highest BCUT2D eigenvalue weighted by Gasteiger charge is 2.19. The lowest BCUT2D eigenvalue weighted by atomic mass is 9.88. The highest BCUT2D eigenvalue weighted by molar-refractivity contribution is 5.51. The number of benzene rings is 1. The standard InChI is InChI=1S/C21H30N12/c1-13-19(10-31-7-16(4-22)25-28-31)14(2)21(12-33-9-18(6-24)27-30-33)15(3)20(13)11-32-8-17(5-23)26-29-32/h7-9H,4-6,10-12,22-24H2,1-3H3. The molecule has 0 aliphatic rings. The molecule has 0 saturated carbocycles. The van der Waals surface area contributed by atoms with Gasteiger partial charge in [-0.05, 0) is 54.2 Å². The molecule has 6 N–H and O–H groups in total. The van der Waals surface area contributed by atoms with E-state index in [1.165, 1.54) is 33.4 Å². The van der Waals surface area contributed by atoms with E-state index in [1.54, 1.807) is 0 Å². The minimum atomic E-state index is 0.355. The number of nitrogens with two attached hydrogens (primary N) is 3. The van der Waals surface area contributed by atoms with Gasteiger partial charge in [-0.2, -0.15) is 0 Å². The molecule has 0 spiro atoms. The van der Waals surface area contributed by atoms with Crippen LogP contribution in [-0.4, -0.2) is 45.0 Å². The van der Waals surface area contributed by atoms with Crippen LogP contribution in [-0.2, 0) is 39.3 Å². The Morgan fingerprint density at radius 3 is 1.03 bits per heavy atom. The van der Waals surface area contributed by atoms with Crippen molar-refractivity contribution in [2.75, 3.05) is 0 Å². The van der Waals surface area contributed by atoms with Crippen LogP contribution < -0.4 is 17.2 Å². The zero-order valence-electron chi connectivity index (χ0n) is 19.2. The first kappa shape index (κ1) is 22.7. The van der Waals surface area contributed by atoms with E-state index >= 15 is 0 Å². The number of hydrogen-bond acceptors (Lipinski definition) is 9. The number of nitrogens with zero attached hydrogens (tertiary/aromatic N) is 9. The monoisotopic (exact) mass is 450 g/mol. The molecule has 0 aliphatic heterocycles. The first-order valence-electron chi connectivity index (χ1n) is 10.8. The lowest BCUT2D eigenvalue weighted by Crippen LogP contribution is -2.15. The minimum Gasteiger partial charge on any atom is -0.325 e. The Balaban J connectivity index is 1.79. The van der Waals surface area contributed by atoms with Gasteiger partial charge < -0.3 is 17.2 Å². The minimum absolute atomic E-state index is 0.355. The second-order valence-electron chi connectivity index (χ2n) is 8.15. The van der Waals surface area contributed by atoms with Crippen molar-refractivity contribution in [2.24, 2.45) is 17.2 Å². The van der Waals surface area contributed by atoms with Crippen LogP contribution in [0.15, 0.2) is 18.6 Å². The molecule has 0 aliphatic carbocycles. The molecule has 0 fully saturated rings. The largest absolute Gasteiger partial charge is 0.325 e. The molecule has 3 aromatic heterocycles. The average Bonchev–Trinajstić information content (AvgIpc) is 3.57. The molecule has 3 heterocycles. The summed E-state index contributed by atoms with van der Waals surface area (Å²) in [4.78, 5) is 0. The lowest BCUT2D eigenvalue weighted by molar-refractivity contribution is 0.617. The highest BCUT2D eigenvalue weighted by atomic mass is 15.4. The number of aromatic nitrogens is 9. The predicted molar refractivity (Wildman–Crippen MR) is 122 cm³/mol. The Kier molecular flexibility index (Phi) is 6.58. The van der Waals surface area contributed by atoms with Gasteiger partial charge in [0, 0.05) is 19.6 Å². The van der Waals surface area contributed by atoms with Crippen LogP contribution in [0.3, 0.4) is 0 Å². The molecular weight excluding hydrogens is 420 g/mol. The molecule has 1 aromatic carbocycles. The van der Waals surface area contributed by atoms with E-state index in [9.17, 15) is 0 Å². The van der Waals surface area contributed by atoms with E-state index in [-0.39, 0.29) is 0 Å². The third-order valence-electron chi connectivity index (χ3n) is 6.06. The number of rotatable bonds is 9. The Bertz CT molecular complexity index is 1070. The fraction of sp³-hybridized carbons (Fsp3) is 0.429. The van der Waals surface area contributed by atoms with E-state index in [0.717, 1.165) is 17.1 Å². The van der Waals surface area contributed by atoms with Crippen LogP contribution in [0, 0.1) is 20.8 Å². The van der Waals surface area contributed by atoms with Crippen molar-refractivity contribution >= 4 is 0 Å². The third-order valence-corrected chi connectivity index (χ3v) is 6.06. The van der Waals surface area contributed by atoms with Gasteiger partial charge in [-0.1, -0.05) is 15.6 Å². The smallest absolute Gasteiger partial charge is 0.0962 e.